The van der Waals surface area contributed by atoms with Gasteiger partial charge >= 0.3 is 0 Å². The van der Waals surface area contributed by atoms with Crippen molar-refractivity contribution in [3.63, 3.8) is 0 Å². The van der Waals surface area contributed by atoms with E-state index in [1.165, 1.54) is 42.1 Å². The lowest BCUT2D eigenvalue weighted by Crippen LogP contribution is -2.14. The zero-order valence-corrected chi connectivity index (χ0v) is 16.3. The van der Waals surface area contributed by atoms with E-state index in [2.05, 4.69) is 36.4 Å². The number of benzene rings is 3. The standard InChI is InChI=1S/C23H21ClFSi/c24-26-13-11-17(12-14-26)18-5-3-6-19(15-18)22-9-1-2-10-23(22)20-7-4-8-21(25)16-20/h1-10,15-17H,11-14H2. The highest BCUT2D eigenvalue weighted by Crippen LogP contribution is 2.38. The van der Waals surface area contributed by atoms with Gasteiger partial charge in [-0.05, 0) is 70.8 Å². The predicted molar refractivity (Wildman–Crippen MR) is 110 cm³/mol. The van der Waals surface area contributed by atoms with Crippen LogP contribution in [0.25, 0.3) is 22.3 Å². The van der Waals surface area contributed by atoms with Crippen LogP contribution in [0.1, 0.15) is 24.3 Å². The third-order valence-corrected chi connectivity index (χ3v) is 8.06. The molecule has 3 aromatic carbocycles. The highest BCUT2D eigenvalue weighted by molar-refractivity contribution is 7.07. The summed E-state index contributed by atoms with van der Waals surface area (Å²) in [5.41, 5.74) is 5.74. The lowest BCUT2D eigenvalue weighted by atomic mass is 9.89. The maximum Gasteiger partial charge on any atom is 0.165 e. The van der Waals surface area contributed by atoms with Gasteiger partial charge in [-0.2, -0.15) is 11.1 Å². The Hall–Kier alpha value is -1.90. The zero-order chi connectivity index (χ0) is 17.9. The largest absolute Gasteiger partial charge is 0.207 e. The second-order valence-corrected chi connectivity index (χ2v) is 10.6. The van der Waals surface area contributed by atoms with Gasteiger partial charge in [-0.3, -0.25) is 0 Å². The van der Waals surface area contributed by atoms with Crippen LogP contribution in [0.2, 0.25) is 12.1 Å². The van der Waals surface area contributed by atoms with Crippen molar-refractivity contribution in [2.75, 3.05) is 0 Å². The fourth-order valence-corrected chi connectivity index (χ4v) is 6.10. The van der Waals surface area contributed by atoms with Gasteiger partial charge in [-0.25, -0.2) is 4.39 Å². The third kappa shape index (κ3) is 3.77. The first-order valence-corrected chi connectivity index (χ1v) is 12.1. The van der Waals surface area contributed by atoms with Gasteiger partial charge < -0.3 is 0 Å². The third-order valence-electron chi connectivity index (χ3n) is 5.26. The molecule has 1 saturated heterocycles. The van der Waals surface area contributed by atoms with E-state index in [4.69, 9.17) is 11.1 Å². The van der Waals surface area contributed by atoms with Crippen molar-refractivity contribution < 1.29 is 4.39 Å². The van der Waals surface area contributed by atoms with E-state index in [0.717, 1.165) is 16.7 Å². The number of hydrogen-bond donors (Lipinski definition) is 0. The Morgan fingerprint density at radius 3 is 2.04 bits per heavy atom. The molecule has 0 bridgehead atoms. The monoisotopic (exact) mass is 379 g/mol. The van der Waals surface area contributed by atoms with Gasteiger partial charge in [0.2, 0.25) is 0 Å². The molecule has 0 aliphatic carbocycles. The van der Waals surface area contributed by atoms with Crippen molar-refractivity contribution in [1.82, 2.24) is 0 Å². The first-order valence-electron chi connectivity index (χ1n) is 9.16. The van der Waals surface area contributed by atoms with Gasteiger partial charge in [-0.15, -0.1) is 0 Å². The van der Waals surface area contributed by atoms with E-state index in [-0.39, 0.29) is 5.82 Å². The highest BCUT2D eigenvalue weighted by atomic mass is 35.6. The van der Waals surface area contributed by atoms with Gasteiger partial charge in [0.1, 0.15) is 5.82 Å². The molecule has 1 fully saturated rings. The molecule has 0 nitrogen and oxygen atoms in total. The average Bonchev–Trinajstić information content (AvgIpc) is 2.69. The summed E-state index contributed by atoms with van der Waals surface area (Å²) in [5.74, 6) is 0.413. The molecule has 3 heteroatoms. The normalized spacial score (nSPS) is 15.9. The molecule has 0 amide bonds. The molecule has 0 saturated carbocycles. The Morgan fingerprint density at radius 1 is 0.769 bits per heavy atom. The molecular weight excluding hydrogens is 359 g/mol. The van der Waals surface area contributed by atoms with Crippen LogP contribution in [0.5, 0.6) is 0 Å². The van der Waals surface area contributed by atoms with E-state index < -0.39 is 8.11 Å². The first kappa shape index (κ1) is 17.5. The van der Waals surface area contributed by atoms with Crippen molar-refractivity contribution in [3.05, 3.63) is 84.2 Å². The van der Waals surface area contributed by atoms with Crippen LogP contribution in [-0.2, 0) is 0 Å². The number of halogens is 2. The van der Waals surface area contributed by atoms with Gasteiger partial charge in [-0.1, -0.05) is 60.7 Å². The fourth-order valence-electron chi connectivity index (χ4n) is 3.87. The Balaban J connectivity index is 1.72. The van der Waals surface area contributed by atoms with Gasteiger partial charge in [0.05, 0.1) is 0 Å². The lowest BCUT2D eigenvalue weighted by Gasteiger charge is -2.24. The summed E-state index contributed by atoms with van der Waals surface area (Å²) in [6, 6.07) is 26.3. The van der Waals surface area contributed by atoms with Gasteiger partial charge in [0.15, 0.2) is 8.11 Å². The summed E-state index contributed by atoms with van der Waals surface area (Å²) in [6.07, 6.45) is 2.40. The molecule has 1 aliphatic heterocycles. The molecule has 1 aliphatic rings. The minimum atomic E-state index is -0.604. The average molecular weight is 380 g/mol. The maximum atomic E-state index is 13.7. The van der Waals surface area contributed by atoms with Crippen molar-refractivity contribution in [2.24, 2.45) is 0 Å². The van der Waals surface area contributed by atoms with Crippen LogP contribution in [-0.4, -0.2) is 8.11 Å². The van der Waals surface area contributed by atoms with Gasteiger partial charge in [0, 0.05) is 0 Å². The number of hydrogen-bond acceptors (Lipinski definition) is 0. The van der Waals surface area contributed by atoms with Crippen molar-refractivity contribution >= 4 is 19.2 Å². The topological polar surface area (TPSA) is 0 Å². The maximum absolute atomic E-state index is 13.7. The number of rotatable bonds is 3. The molecule has 3 aromatic rings. The highest BCUT2D eigenvalue weighted by Gasteiger charge is 2.22. The van der Waals surface area contributed by atoms with Crippen LogP contribution in [0, 0.1) is 5.82 Å². The van der Waals surface area contributed by atoms with Crippen LogP contribution < -0.4 is 0 Å². The molecular formula is C23H21ClFSi. The van der Waals surface area contributed by atoms with E-state index in [9.17, 15) is 4.39 Å². The van der Waals surface area contributed by atoms with Crippen LogP contribution in [0.4, 0.5) is 4.39 Å². The van der Waals surface area contributed by atoms with E-state index in [1.807, 2.05) is 18.2 Å². The molecule has 0 unspecified atom stereocenters. The summed E-state index contributed by atoms with van der Waals surface area (Å²) < 4.78 is 13.7. The van der Waals surface area contributed by atoms with E-state index in [1.54, 1.807) is 12.1 Å². The molecule has 131 valence electrons. The predicted octanol–water partition coefficient (Wildman–Crippen LogP) is 7.27. The van der Waals surface area contributed by atoms with Gasteiger partial charge in [0.25, 0.3) is 0 Å². The second kappa shape index (κ2) is 7.77. The Kier molecular flexibility index (Phi) is 5.23. The summed E-state index contributed by atoms with van der Waals surface area (Å²) in [4.78, 5) is 0. The second-order valence-electron chi connectivity index (χ2n) is 6.97. The minimum Gasteiger partial charge on any atom is -0.207 e. The summed E-state index contributed by atoms with van der Waals surface area (Å²) in [6.45, 7) is 0. The van der Waals surface area contributed by atoms with Crippen LogP contribution in [0.3, 0.4) is 0 Å². The Morgan fingerprint density at radius 2 is 1.38 bits per heavy atom. The SMILES string of the molecule is Fc1cccc(-c2ccccc2-c2cccc(C3CC[Si](Cl)CC3)c2)c1. The fraction of sp³-hybridized carbons (Fsp3) is 0.217. The smallest absolute Gasteiger partial charge is 0.165 e. The summed E-state index contributed by atoms with van der Waals surface area (Å²) in [7, 11) is -0.604. The molecule has 0 spiro atoms. The quantitative estimate of drug-likeness (QED) is 0.331. The molecule has 4 rings (SSSR count). The van der Waals surface area contributed by atoms with E-state index >= 15 is 0 Å². The van der Waals surface area contributed by atoms with Crippen molar-refractivity contribution in [3.8, 4) is 22.3 Å². The van der Waals surface area contributed by atoms with Crippen LogP contribution >= 0.6 is 11.1 Å². The van der Waals surface area contributed by atoms with Crippen molar-refractivity contribution in [2.45, 2.75) is 30.8 Å². The lowest BCUT2D eigenvalue weighted by molar-refractivity contribution is 0.613. The Bertz CT molecular complexity index is 900. The molecule has 0 aromatic heterocycles. The van der Waals surface area contributed by atoms with Crippen LogP contribution in [0.15, 0.2) is 72.8 Å². The van der Waals surface area contributed by atoms with E-state index in [0.29, 0.717) is 5.92 Å². The summed E-state index contributed by atoms with van der Waals surface area (Å²) in [5, 5.41) is 0. The molecule has 26 heavy (non-hydrogen) atoms. The van der Waals surface area contributed by atoms with Crippen molar-refractivity contribution in [1.29, 1.82) is 0 Å². The first-order chi connectivity index (χ1) is 12.7. The molecule has 1 radical (unpaired) electrons. The Labute approximate surface area is 161 Å². The zero-order valence-electron chi connectivity index (χ0n) is 14.6. The minimum absolute atomic E-state index is 0.202. The molecule has 0 N–H and O–H groups in total. The molecule has 1 heterocycles. The molecule has 0 atom stereocenters. The summed E-state index contributed by atoms with van der Waals surface area (Å²) >= 11 is 6.37.